The van der Waals surface area contributed by atoms with Crippen LogP contribution in [0.1, 0.15) is 19.3 Å². The van der Waals surface area contributed by atoms with E-state index in [1.165, 1.54) is 16.2 Å². The van der Waals surface area contributed by atoms with Gasteiger partial charge < -0.3 is 27.1 Å². The predicted molar refractivity (Wildman–Crippen MR) is 84.9 cm³/mol. The molecule has 1 aliphatic carbocycles. The number of aromatic nitrogens is 1. The van der Waals surface area contributed by atoms with Gasteiger partial charge in [-0.15, -0.1) is 0 Å². The van der Waals surface area contributed by atoms with Crippen LogP contribution in [0.2, 0.25) is 0 Å². The molecule has 0 bridgehead atoms. The molecule has 21 heavy (non-hydrogen) atoms. The molecule has 112 valence electrons. The van der Waals surface area contributed by atoms with Crippen molar-refractivity contribution in [3.05, 3.63) is 63.6 Å². The van der Waals surface area contributed by atoms with E-state index < -0.39 is 0 Å². The third-order valence-electron chi connectivity index (χ3n) is 3.41. The number of nitrogens with zero attached hydrogens (tertiary/aromatic N) is 1. The van der Waals surface area contributed by atoms with Crippen LogP contribution in [0.5, 0.6) is 0 Å². The van der Waals surface area contributed by atoms with Crippen molar-refractivity contribution < 1.29 is 0 Å². The van der Waals surface area contributed by atoms with Gasteiger partial charge in [0, 0.05) is 19.3 Å². The second-order valence-corrected chi connectivity index (χ2v) is 5.11. The number of rotatable bonds is 4. The molecule has 1 saturated carbocycles. The summed E-state index contributed by atoms with van der Waals surface area (Å²) in [5, 5.41) is 3.29. The van der Waals surface area contributed by atoms with Crippen LogP contribution in [0, 0.1) is 0 Å². The Morgan fingerprint density at radius 1 is 1.24 bits per heavy atom. The Morgan fingerprint density at radius 3 is 2.48 bits per heavy atom. The van der Waals surface area contributed by atoms with E-state index in [0.29, 0.717) is 5.70 Å². The second-order valence-electron chi connectivity index (χ2n) is 5.11. The first kappa shape index (κ1) is 14.8. The SMILES string of the molecule is Cn1cc(NC(=C2CCC2)/C(N)=C/C=C(N)N)ccc1=O. The highest BCUT2D eigenvalue weighted by atomic mass is 16.1. The average molecular weight is 287 g/mol. The summed E-state index contributed by atoms with van der Waals surface area (Å²) >= 11 is 0. The fourth-order valence-corrected chi connectivity index (χ4v) is 2.05. The van der Waals surface area contributed by atoms with E-state index in [2.05, 4.69) is 5.32 Å². The number of pyridine rings is 1. The predicted octanol–water partition coefficient (Wildman–Crippen LogP) is 0.837. The van der Waals surface area contributed by atoms with E-state index in [0.717, 1.165) is 30.6 Å². The summed E-state index contributed by atoms with van der Waals surface area (Å²) in [5.74, 6) is 0.206. The van der Waals surface area contributed by atoms with E-state index in [4.69, 9.17) is 17.2 Å². The highest BCUT2D eigenvalue weighted by Gasteiger charge is 2.16. The molecule has 0 unspecified atom stereocenters. The number of hydrogen-bond donors (Lipinski definition) is 4. The van der Waals surface area contributed by atoms with Crippen molar-refractivity contribution in [3.63, 3.8) is 0 Å². The summed E-state index contributed by atoms with van der Waals surface area (Å²) in [4.78, 5) is 11.4. The fraction of sp³-hybridized carbons (Fsp3) is 0.267. The van der Waals surface area contributed by atoms with E-state index in [-0.39, 0.29) is 11.4 Å². The molecule has 2 rings (SSSR count). The normalized spacial score (nSPS) is 14.3. The minimum absolute atomic E-state index is 0.0549. The quantitative estimate of drug-likeness (QED) is 0.613. The lowest BCUT2D eigenvalue weighted by molar-refractivity contribution is 0.653. The number of nitrogens with two attached hydrogens (primary N) is 3. The van der Waals surface area contributed by atoms with Gasteiger partial charge in [-0.05, 0) is 43.1 Å². The van der Waals surface area contributed by atoms with Gasteiger partial charge in [-0.2, -0.15) is 0 Å². The van der Waals surface area contributed by atoms with Crippen LogP contribution in [0.15, 0.2) is 58.1 Å². The largest absolute Gasteiger partial charge is 0.397 e. The summed E-state index contributed by atoms with van der Waals surface area (Å²) < 4.78 is 1.52. The Labute approximate surface area is 123 Å². The van der Waals surface area contributed by atoms with Crippen LogP contribution in [0.4, 0.5) is 5.69 Å². The van der Waals surface area contributed by atoms with E-state index in [1.807, 2.05) is 0 Å². The van der Waals surface area contributed by atoms with Crippen LogP contribution >= 0.6 is 0 Å². The second kappa shape index (κ2) is 6.21. The lowest BCUT2D eigenvalue weighted by Gasteiger charge is -2.23. The van der Waals surface area contributed by atoms with Crippen LogP contribution < -0.4 is 28.1 Å². The zero-order chi connectivity index (χ0) is 15.4. The summed E-state index contributed by atoms with van der Waals surface area (Å²) in [5.41, 5.74) is 20.4. The summed E-state index contributed by atoms with van der Waals surface area (Å²) in [6, 6.07) is 3.26. The first-order chi connectivity index (χ1) is 9.97. The van der Waals surface area contributed by atoms with Gasteiger partial charge >= 0.3 is 0 Å². The Bertz CT molecular complexity index is 672. The van der Waals surface area contributed by atoms with Gasteiger partial charge in [-0.3, -0.25) is 4.79 Å². The molecule has 0 aromatic carbocycles. The summed E-state index contributed by atoms with van der Waals surface area (Å²) in [6.45, 7) is 0. The van der Waals surface area contributed by atoms with Crippen molar-refractivity contribution in [2.24, 2.45) is 24.2 Å². The number of nitrogens with one attached hydrogen (secondary N) is 1. The Balaban J connectivity index is 2.30. The van der Waals surface area contributed by atoms with E-state index in [9.17, 15) is 4.79 Å². The van der Waals surface area contributed by atoms with Crippen LogP contribution in [-0.4, -0.2) is 4.57 Å². The zero-order valence-electron chi connectivity index (χ0n) is 12.1. The lowest BCUT2D eigenvalue weighted by atomic mass is 9.89. The van der Waals surface area contributed by atoms with Gasteiger partial charge in [-0.25, -0.2) is 0 Å². The standard InChI is InChI=1S/C15H21N5O/c1-20-9-11(5-8-14(20)21)19-15(10-3-2-4-10)12(16)6-7-13(17)18/h5-9,19H,2-4,16-18H2,1H3/b12-6-. The molecular formula is C15H21N5O. The molecule has 1 aromatic rings. The first-order valence-electron chi connectivity index (χ1n) is 6.82. The summed E-state index contributed by atoms with van der Waals surface area (Å²) in [7, 11) is 1.71. The van der Waals surface area contributed by atoms with Gasteiger partial charge in [-0.1, -0.05) is 0 Å². The highest BCUT2D eigenvalue weighted by molar-refractivity contribution is 5.54. The molecule has 1 aromatic heterocycles. The zero-order valence-corrected chi connectivity index (χ0v) is 12.1. The van der Waals surface area contributed by atoms with Crippen molar-refractivity contribution in [3.8, 4) is 0 Å². The first-order valence-corrected chi connectivity index (χ1v) is 6.82. The Kier molecular flexibility index (Phi) is 4.37. The van der Waals surface area contributed by atoms with Crippen LogP contribution in [0.25, 0.3) is 0 Å². The van der Waals surface area contributed by atoms with Crippen LogP contribution in [-0.2, 0) is 7.05 Å². The van der Waals surface area contributed by atoms with Gasteiger partial charge in [0.05, 0.1) is 22.9 Å². The Hall–Kier alpha value is -2.63. The highest BCUT2D eigenvalue weighted by Crippen LogP contribution is 2.31. The van der Waals surface area contributed by atoms with E-state index in [1.54, 1.807) is 31.5 Å². The molecule has 1 fully saturated rings. The molecule has 0 atom stereocenters. The maximum atomic E-state index is 11.4. The lowest BCUT2D eigenvalue weighted by Crippen LogP contribution is -2.19. The Morgan fingerprint density at radius 2 is 1.95 bits per heavy atom. The smallest absolute Gasteiger partial charge is 0.250 e. The van der Waals surface area contributed by atoms with Crippen molar-refractivity contribution in [2.75, 3.05) is 5.32 Å². The van der Waals surface area contributed by atoms with Gasteiger partial charge in [0.1, 0.15) is 0 Å². The molecule has 1 heterocycles. The number of anilines is 1. The molecule has 1 aliphatic rings. The topological polar surface area (TPSA) is 112 Å². The minimum atomic E-state index is -0.0549. The van der Waals surface area contributed by atoms with Crippen LogP contribution in [0.3, 0.4) is 0 Å². The molecular weight excluding hydrogens is 266 g/mol. The molecule has 7 N–H and O–H groups in total. The maximum absolute atomic E-state index is 11.4. The number of hydrogen-bond acceptors (Lipinski definition) is 5. The van der Waals surface area contributed by atoms with Gasteiger partial charge in [0.25, 0.3) is 0 Å². The van der Waals surface area contributed by atoms with Crippen molar-refractivity contribution >= 4 is 5.69 Å². The fourth-order valence-electron chi connectivity index (χ4n) is 2.05. The molecule has 0 saturated heterocycles. The third kappa shape index (κ3) is 3.68. The third-order valence-corrected chi connectivity index (χ3v) is 3.41. The summed E-state index contributed by atoms with van der Waals surface area (Å²) in [6.07, 6.45) is 8.19. The molecule has 0 aliphatic heterocycles. The molecule has 6 nitrogen and oxygen atoms in total. The maximum Gasteiger partial charge on any atom is 0.250 e. The molecule has 0 radical (unpaired) electrons. The monoisotopic (exact) mass is 287 g/mol. The van der Waals surface area contributed by atoms with Crippen molar-refractivity contribution in [1.29, 1.82) is 0 Å². The molecule has 0 amide bonds. The molecule has 6 heteroatoms. The minimum Gasteiger partial charge on any atom is -0.397 e. The number of aryl methyl sites for hydroxylation is 1. The average Bonchev–Trinajstić information content (AvgIpc) is 2.37. The van der Waals surface area contributed by atoms with E-state index >= 15 is 0 Å². The van der Waals surface area contributed by atoms with Crippen molar-refractivity contribution in [1.82, 2.24) is 4.57 Å². The van der Waals surface area contributed by atoms with Crippen molar-refractivity contribution in [2.45, 2.75) is 19.3 Å². The van der Waals surface area contributed by atoms with Gasteiger partial charge in [0.15, 0.2) is 0 Å². The van der Waals surface area contributed by atoms with Gasteiger partial charge in [0.2, 0.25) is 5.56 Å². The number of allylic oxidation sites excluding steroid dienone is 3. The molecule has 0 spiro atoms.